The normalized spacial score (nSPS) is 11.8. The van der Waals surface area contributed by atoms with Crippen LogP contribution in [-0.2, 0) is 17.7 Å². The zero-order valence-corrected chi connectivity index (χ0v) is 18.0. The van der Waals surface area contributed by atoms with E-state index in [9.17, 15) is 4.79 Å². The van der Waals surface area contributed by atoms with Gasteiger partial charge in [-0.1, -0.05) is 26.0 Å². The van der Waals surface area contributed by atoms with Crippen LogP contribution in [0.2, 0.25) is 0 Å². The van der Waals surface area contributed by atoms with Crippen molar-refractivity contribution < 1.29 is 9.53 Å². The number of rotatable bonds is 6. The Morgan fingerprint density at radius 2 is 1.86 bits per heavy atom. The Morgan fingerprint density at radius 1 is 1.14 bits per heavy atom. The number of pyridine rings is 1. The monoisotopic (exact) mass is 393 g/mol. The van der Waals surface area contributed by atoms with Gasteiger partial charge in [-0.15, -0.1) is 0 Å². The van der Waals surface area contributed by atoms with E-state index < -0.39 is 5.60 Å². The molecular formula is C24H31N3O2. The van der Waals surface area contributed by atoms with Crippen LogP contribution in [0.3, 0.4) is 0 Å². The van der Waals surface area contributed by atoms with Crippen LogP contribution in [-0.4, -0.2) is 27.8 Å². The van der Waals surface area contributed by atoms with Crippen molar-refractivity contribution in [2.24, 2.45) is 5.92 Å². The molecule has 2 aromatic heterocycles. The molecule has 0 aliphatic heterocycles. The molecule has 0 unspecified atom stereocenters. The van der Waals surface area contributed by atoms with Crippen LogP contribution >= 0.6 is 0 Å². The summed E-state index contributed by atoms with van der Waals surface area (Å²) in [7, 11) is 0. The summed E-state index contributed by atoms with van der Waals surface area (Å²) < 4.78 is 7.65. The van der Waals surface area contributed by atoms with Crippen molar-refractivity contribution in [1.29, 1.82) is 0 Å². The SMILES string of the molecule is CC(C)Cn1cc(CCNC(=O)OC(C)(C)C)c2ccc(-c3ccncc3)cc21. The Labute approximate surface area is 173 Å². The zero-order valence-electron chi connectivity index (χ0n) is 18.0. The zero-order chi connectivity index (χ0) is 21.0. The molecule has 5 nitrogen and oxygen atoms in total. The quantitative estimate of drug-likeness (QED) is 0.608. The molecule has 0 fully saturated rings. The van der Waals surface area contributed by atoms with Gasteiger partial charge in [-0.05, 0) is 68.0 Å². The second-order valence-corrected chi connectivity index (χ2v) is 8.85. The number of aromatic nitrogens is 2. The van der Waals surface area contributed by atoms with Gasteiger partial charge >= 0.3 is 6.09 Å². The molecule has 0 saturated carbocycles. The number of nitrogens with zero attached hydrogens (tertiary/aromatic N) is 2. The van der Waals surface area contributed by atoms with E-state index in [1.54, 1.807) is 0 Å². The predicted molar refractivity (Wildman–Crippen MR) is 118 cm³/mol. The molecule has 5 heteroatoms. The minimum atomic E-state index is -0.485. The Hall–Kier alpha value is -2.82. The summed E-state index contributed by atoms with van der Waals surface area (Å²) in [5.74, 6) is 0.544. The van der Waals surface area contributed by atoms with Gasteiger partial charge in [0.1, 0.15) is 5.60 Å². The second-order valence-electron chi connectivity index (χ2n) is 8.85. The molecule has 0 spiro atoms. The molecule has 0 aliphatic rings. The van der Waals surface area contributed by atoms with Crippen LogP contribution in [0.5, 0.6) is 0 Å². The molecule has 0 bridgehead atoms. The van der Waals surface area contributed by atoms with Crippen molar-refractivity contribution in [3.63, 3.8) is 0 Å². The van der Waals surface area contributed by atoms with Crippen molar-refractivity contribution in [2.45, 2.75) is 53.2 Å². The van der Waals surface area contributed by atoms with Crippen LogP contribution in [0.15, 0.2) is 48.9 Å². The van der Waals surface area contributed by atoms with Gasteiger partial charge in [0.05, 0.1) is 0 Å². The smallest absolute Gasteiger partial charge is 0.407 e. The first-order valence-corrected chi connectivity index (χ1v) is 10.2. The summed E-state index contributed by atoms with van der Waals surface area (Å²) in [4.78, 5) is 16.0. The van der Waals surface area contributed by atoms with E-state index in [2.05, 4.69) is 53.1 Å². The Bertz CT molecular complexity index is 969. The molecule has 0 atom stereocenters. The number of benzene rings is 1. The average molecular weight is 394 g/mol. The highest BCUT2D eigenvalue weighted by atomic mass is 16.6. The number of ether oxygens (including phenoxy) is 1. The van der Waals surface area contributed by atoms with E-state index >= 15 is 0 Å². The van der Waals surface area contributed by atoms with E-state index in [1.807, 2.05) is 45.3 Å². The van der Waals surface area contributed by atoms with Crippen LogP contribution < -0.4 is 5.32 Å². The highest BCUT2D eigenvalue weighted by Gasteiger charge is 2.16. The van der Waals surface area contributed by atoms with E-state index in [0.29, 0.717) is 12.5 Å². The third-order valence-corrected chi connectivity index (χ3v) is 4.60. The van der Waals surface area contributed by atoms with Crippen molar-refractivity contribution in [3.05, 3.63) is 54.5 Å². The Balaban J connectivity index is 1.83. The number of nitrogens with one attached hydrogen (secondary N) is 1. The average Bonchev–Trinajstić information content (AvgIpc) is 2.97. The first-order chi connectivity index (χ1) is 13.7. The summed E-state index contributed by atoms with van der Waals surface area (Å²) >= 11 is 0. The number of carbonyl (C=O) groups excluding carboxylic acids is 1. The number of hydrogen-bond acceptors (Lipinski definition) is 3. The van der Waals surface area contributed by atoms with E-state index in [-0.39, 0.29) is 6.09 Å². The lowest BCUT2D eigenvalue weighted by molar-refractivity contribution is 0.0528. The van der Waals surface area contributed by atoms with Gasteiger partial charge in [-0.3, -0.25) is 4.98 Å². The summed E-state index contributed by atoms with van der Waals surface area (Å²) in [5.41, 5.74) is 4.31. The van der Waals surface area contributed by atoms with Crippen molar-refractivity contribution in [3.8, 4) is 11.1 Å². The molecule has 3 rings (SSSR count). The topological polar surface area (TPSA) is 56.2 Å². The maximum atomic E-state index is 11.9. The number of alkyl carbamates (subject to hydrolysis) is 1. The lowest BCUT2D eigenvalue weighted by Crippen LogP contribution is -2.33. The lowest BCUT2D eigenvalue weighted by atomic mass is 10.0. The molecule has 1 aromatic carbocycles. The van der Waals surface area contributed by atoms with Gasteiger partial charge in [0, 0.05) is 42.6 Å². The number of carbonyl (C=O) groups is 1. The summed E-state index contributed by atoms with van der Waals surface area (Å²) in [6.07, 6.45) is 6.25. The molecule has 154 valence electrons. The maximum absolute atomic E-state index is 11.9. The molecule has 3 aromatic rings. The lowest BCUT2D eigenvalue weighted by Gasteiger charge is -2.19. The Kier molecular flexibility index (Phi) is 6.26. The maximum Gasteiger partial charge on any atom is 0.407 e. The largest absolute Gasteiger partial charge is 0.444 e. The van der Waals surface area contributed by atoms with Crippen molar-refractivity contribution in [1.82, 2.24) is 14.9 Å². The molecule has 0 saturated heterocycles. The fraction of sp³-hybridized carbons (Fsp3) is 0.417. The third kappa shape index (κ3) is 5.59. The first-order valence-electron chi connectivity index (χ1n) is 10.2. The molecule has 0 aliphatic carbocycles. The van der Waals surface area contributed by atoms with Crippen LogP contribution in [0.25, 0.3) is 22.0 Å². The molecule has 1 amide bonds. The minimum Gasteiger partial charge on any atom is -0.444 e. The van der Waals surface area contributed by atoms with Gasteiger partial charge in [-0.25, -0.2) is 4.79 Å². The van der Waals surface area contributed by atoms with Crippen molar-refractivity contribution in [2.75, 3.05) is 6.54 Å². The van der Waals surface area contributed by atoms with Gasteiger partial charge < -0.3 is 14.6 Å². The standard InChI is InChI=1S/C24H31N3O2/c1-17(2)15-27-16-20(10-13-26-23(28)29-24(3,4)5)21-7-6-19(14-22(21)27)18-8-11-25-12-9-18/h6-9,11-12,14,16-17H,10,13,15H2,1-5H3,(H,26,28). The highest BCUT2D eigenvalue weighted by Crippen LogP contribution is 2.28. The molecule has 2 heterocycles. The summed E-state index contributed by atoms with van der Waals surface area (Å²) in [6, 6.07) is 10.6. The minimum absolute atomic E-state index is 0.372. The number of hydrogen-bond donors (Lipinski definition) is 1. The number of fused-ring (bicyclic) bond motifs is 1. The summed E-state index contributed by atoms with van der Waals surface area (Å²) in [6.45, 7) is 11.5. The fourth-order valence-electron chi connectivity index (χ4n) is 3.45. The predicted octanol–water partition coefficient (Wildman–Crippen LogP) is 5.43. The Morgan fingerprint density at radius 3 is 2.52 bits per heavy atom. The highest BCUT2D eigenvalue weighted by molar-refractivity contribution is 5.88. The summed E-state index contributed by atoms with van der Waals surface area (Å²) in [5, 5.41) is 4.09. The first kappa shape index (κ1) is 20.9. The van der Waals surface area contributed by atoms with Crippen LogP contribution in [0.4, 0.5) is 4.79 Å². The van der Waals surface area contributed by atoms with Gasteiger partial charge in [-0.2, -0.15) is 0 Å². The molecule has 29 heavy (non-hydrogen) atoms. The van der Waals surface area contributed by atoms with Crippen molar-refractivity contribution >= 4 is 17.0 Å². The van der Waals surface area contributed by atoms with Crippen LogP contribution in [0.1, 0.15) is 40.2 Å². The fourth-order valence-corrected chi connectivity index (χ4v) is 3.45. The third-order valence-electron chi connectivity index (χ3n) is 4.60. The second kappa shape index (κ2) is 8.68. The molecule has 1 N–H and O–H groups in total. The van der Waals surface area contributed by atoms with Gasteiger partial charge in [0.25, 0.3) is 0 Å². The number of amides is 1. The molecule has 0 radical (unpaired) electrons. The van der Waals surface area contributed by atoms with E-state index in [4.69, 9.17) is 4.74 Å². The van der Waals surface area contributed by atoms with Gasteiger partial charge in [0.15, 0.2) is 0 Å². The van der Waals surface area contributed by atoms with Gasteiger partial charge in [0.2, 0.25) is 0 Å². The van der Waals surface area contributed by atoms with E-state index in [0.717, 1.165) is 18.5 Å². The van der Waals surface area contributed by atoms with E-state index in [1.165, 1.54) is 22.0 Å². The van der Waals surface area contributed by atoms with Crippen LogP contribution in [0, 0.1) is 5.92 Å². The molecular weight excluding hydrogens is 362 g/mol.